The lowest BCUT2D eigenvalue weighted by Crippen LogP contribution is -1.87. The van der Waals surface area contributed by atoms with Gasteiger partial charge in [-0.2, -0.15) is 0 Å². The summed E-state index contributed by atoms with van der Waals surface area (Å²) in [6.45, 7) is 1.92. The summed E-state index contributed by atoms with van der Waals surface area (Å²) in [7, 11) is 0. The number of aryl methyl sites for hydroxylation is 1. The summed E-state index contributed by atoms with van der Waals surface area (Å²) in [5.41, 5.74) is 1.68. The molecule has 16 heavy (non-hydrogen) atoms. The number of hydrogen-bond acceptors (Lipinski definition) is 1. The minimum atomic E-state index is -0.211. The van der Waals surface area contributed by atoms with Gasteiger partial charge in [-0.05, 0) is 35.0 Å². The number of pyridine rings is 1. The maximum atomic E-state index is 13.6. The molecule has 0 bridgehead atoms. The molecule has 0 aliphatic carbocycles. The third-order valence-corrected chi connectivity index (χ3v) is 3.65. The van der Waals surface area contributed by atoms with Gasteiger partial charge in [0.25, 0.3) is 0 Å². The molecule has 0 unspecified atom stereocenters. The molecule has 2 nitrogen and oxygen atoms in total. The predicted octanol–water partition coefficient (Wildman–Crippen LogP) is 3.70. The van der Waals surface area contributed by atoms with Crippen LogP contribution in [0.25, 0.3) is 16.4 Å². The Bertz CT molecular complexity index is 703. The summed E-state index contributed by atoms with van der Waals surface area (Å²) in [4.78, 5) is 4.43. The van der Waals surface area contributed by atoms with Gasteiger partial charge in [-0.25, -0.2) is 9.37 Å². The van der Waals surface area contributed by atoms with Crippen LogP contribution in [0.3, 0.4) is 0 Å². The lowest BCUT2D eigenvalue weighted by Gasteiger charge is -2.01. The van der Waals surface area contributed by atoms with Crippen LogP contribution in [0.1, 0.15) is 5.69 Å². The smallest absolute Gasteiger partial charge is 0.145 e. The van der Waals surface area contributed by atoms with E-state index in [0.717, 1.165) is 21.3 Å². The van der Waals surface area contributed by atoms with Gasteiger partial charge >= 0.3 is 0 Å². The summed E-state index contributed by atoms with van der Waals surface area (Å²) in [6, 6.07) is 6.81. The highest BCUT2D eigenvalue weighted by atomic mass is 79.9. The summed E-state index contributed by atoms with van der Waals surface area (Å²) >= 11 is 3.46. The van der Waals surface area contributed by atoms with Gasteiger partial charge in [-0.15, -0.1) is 0 Å². The zero-order valence-corrected chi connectivity index (χ0v) is 10.1. The summed E-state index contributed by atoms with van der Waals surface area (Å²) in [5, 5.41) is 1.43. The lowest BCUT2D eigenvalue weighted by atomic mass is 10.1. The molecular formula is C12H8BrFN2. The second kappa shape index (κ2) is 3.28. The summed E-state index contributed by atoms with van der Waals surface area (Å²) in [5.74, 6) is -0.211. The van der Waals surface area contributed by atoms with Crippen LogP contribution in [-0.2, 0) is 0 Å². The molecule has 2 heterocycles. The van der Waals surface area contributed by atoms with Crippen LogP contribution in [-0.4, -0.2) is 9.38 Å². The van der Waals surface area contributed by atoms with Gasteiger partial charge in [0, 0.05) is 17.0 Å². The minimum absolute atomic E-state index is 0.211. The molecule has 0 spiro atoms. The van der Waals surface area contributed by atoms with E-state index < -0.39 is 0 Å². The van der Waals surface area contributed by atoms with Crippen molar-refractivity contribution in [2.45, 2.75) is 6.92 Å². The van der Waals surface area contributed by atoms with E-state index >= 15 is 0 Å². The number of hydrogen-bond donors (Lipinski definition) is 0. The summed E-state index contributed by atoms with van der Waals surface area (Å²) in [6.07, 6.45) is 1.82. The Labute approximate surface area is 99.8 Å². The number of nitrogens with zero attached hydrogens (tertiary/aromatic N) is 2. The average molecular weight is 279 g/mol. The maximum absolute atomic E-state index is 13.6. The van der Waals surface area contributed by atoms with Crippen molar-refractivity contribution in [3.05, 3.63) is 46.6 Å². The fourth-order valence-electron chi connectivity index (χ4n) is 1.90. The lowest BCUT2D eigenvalue weighted by molar-refractivity contribution is 0.640. The first kappa shape index (κ1) is 9.78. The van der Waals surface area contributed by atoms with Crippen LogP contribution >= 0.6 is 15.9 Å². The molecule has 0 N–H and O–H groups in total. The highest BCUT2D eigenvalue weighted by Crippen LogP contribution is 2.26. The van der Waals surface area contributed by atoms with E-state index in [-0.39, 0.29) is 5.82 Å². The number of halogens is 2. The Hall–Kier alpha value is -1.42. The van der Waals surface area contributed by atoms with Gasteiger partial charge in [0.05, 0.1) is 5.69 Å². The van der Waals surface area contributed by atoms with Crippen LogP contribution in [0, 0.1) is 12.7 Å². The van der Waals surface area contributed by atoms with Crippen molar-refractivity contribution in [3.63, 3.8) is 0 Å². The molecule has 3 rings (SSSR count). The number of imidazole rings is 1. The Kier molecular flexibility index (Phi) is 2.01. The van der Waals surface area contributed by atoms with Gasteiger partial charge in [0.2, 0.25) is 0 Å². The van der Waals surface area contributed by atoms with Crippen molar-refractivity contribution in [1.82, 2.24) is 9.38 Å². The van der Waals surface area contributed by atoms with Gasteiger partial charge in [0.15, 0.2) is 0 Å². The second-order valence-electron chi connectivity index (χ2n) is 3.70. The Balaban J connectivity index is 2.60. The molecular weight excluding hydrogens is 271 g/mol. The molecule has 80 valence electrons. The van der Waals surface area contributed by atoms with Gasteiger partial charge in [-0.1, -0.05) is 12.1 Å². The quantitative estimate of drug-likeness (QED) is 0.613. The van der Waals surface area contributed by atoms with E-state index in [1.807, 2.05) is 23.6 Å². The van der Waals surface area contributed by atoms with E-state index in [2.05, 4.69) is 20.9 Å². The summed E-state index contributed by atoms with van der Waals surface area (Å²) < 4.78 is 16.4. The van der Waals surface area contributed by atoms with Gasteiger partial charge in [0.1, 0.15) is 16.1 Å². The molecule has 0 amide bonds. The zero-order chi connectivity index (χ0) is 11.3. The van der Waals surface area contributed by atoms with Crippen LogP contribution in [0.15, 0.2) is 35.1 Å². The van der Waals surface area contributed by atoms with E-state index in [1.165, 1.54) is 6.07 Å². The molecule has 0 saturated heterocycles. The standard InChI is InChI=1S/C12H8BrFN2/c1-7-11(13)16-6-5-8-9(12(16)15-7)3-2-4-10(8)14/h2-6H,1H3. The predicted molar refractivity (Wildman–Crippen MR) is 65.1 cm³/mol. The molecule has 0 saturated carbocycles. The fourth-order valence-corrected chi connectivity index (χ4v) is 2.28. The van der Waals surface area contributed by atoms with Crippen molar-refractivity contribution in [3.8, 4) is 0 Å². The molecule has 4 heteroatoms. The molecule has 1 aromatic carbocycles. The highest BCUT2D eigenvalue weighted by Gasteiger charge is 2.10. The topological polar surface area (TPSA) is 17.3 Å². The number of aromatic nitrogens is 2. The van der Waals surface area contributed by atoms with Crippen molar-refractivity contribution in [1.29, 1.82) is 0 Å². The van der Waals surface area contributed by atoms with Crippen LogP contribution in [0.5, 0.6) is 0 Å². The minimum Gasteiger partial charge on any atom is -0.293 e. The van der Waals surface area contributed by atoms with Crippen LogP contribution < -0.4 is 0 Å². The zero-order valence-electron chi connectivity index (χ0n) is 8.54. The van der Waals surface area contributed by atoms with E-state index in [0.29, 0.717) is 5.39 Å². The molecule has 0 aliphatic heterocycles. The Morgan fingerprint density at radius 3 is 2.88 bits per heavy atom. The Morgan fingerprint density at radius 2 is 2.06 bits per heavy atom. The molecule has 3 aromatic rings. The first-order valence-electron chi connectivity index (χ1n) is 4.90. The van der Waals surface area contributed by atoms with E-state index in [9.17, 15) is 4.39 Å². The third kappa shape index (κ3) is 1.19. The average Bonchev–Trinajstić information content (AvgIpc) is 2.56. The first-order chi connectivity index (χ1) is 7.68. The fraction of sp³-hybridized carbons (Fsp3) is 0.0833. The van der Waals surface area contributed by atoms with Crippen molar-refractivity contribution >= 4 is 32.3 Å². The van der Waals surface area contributed by atoms with Crippen molar-refractivity contribution < 1.29 is 4.39 Å². The third-order valence-electron chi connectivity index (χ3n) is 2.70. The monoisotopic (exact) mass is 278 g/mol. The SMILES string of the molecule is Cc1nc2c3cccc(F)c3ccn2c1Br. The Morgan fingerprint density at radius 1 is 1.25 bits per heavy atom. The van der Waals surface area contributed by atoms with E-state index in [4.69, 9.17) is 0 Å². The molecule has 0 radical (unpaired) electrons. The molecule has 2 aromatic heterocycles. The van der Waals surface area contributed by atoms with Gasteiger partial charge < -0.3 is 0 Å². The second-order valence-corrected chi connectivity index (χ2v) is 4.45. The molecule has 0 fully saturated rings. The normalized spacial score (nSPS) is 11.4. The molecule has 0 aliphatic rings. The van der Waals surface area contributed by atoms with Crippen LogP contribution in [0.2, 0.25) is 0 Å². The highest BCUT2D eigenvalue weighted by molar-refractivity contribution is 9.10. The van der Waals surface area contributed by atoms with Gasteiger partial charge in [-0.3, -0.25) is 4.40 Å². The number of rotatable bonds is 0. The largest absolute Gasteiger partial charge is 0.293 e. The van der Waals surface area contributed by atoms with Crippen molar-refractivity contribution in [2.24, 2.45) is 0 Å². The van der Waals surface area contributed by atoms with Crippen LogP contribution in [0.4, 0.5) is 4.39 Å². The maximum Gasteiger partial charge on any atom is 0.145 e. The number of fused-ring (bicyclic) bond motifs is 3. The van der Waals surface area contributed by atoms with E-state index in [1.54, 1.807) is 12.1 Å². The first-order valence-corrected chi connectivity index (χ1v) is 5.69. The van der Waals surface area contributed by atoms with Crippen molar-refractivity contribution in [2.75, 3.05) is 0 Å². The number of benzene rings is 1. The molecule has 0 atom stereocenters.